The number of hydrogen-bond acceptors (Lipinski definition) is 10. The predicted octanol–water partition coefficient (Wildman–Crippen LogP) is 3.87. The summed E-state index contributed by atoms with van der Waals surface area (Å²) in [7, 11) is 2.70. The van der Waals surface area contributed by atoms with Gasteiger partial charge in [-0.15, -0.1) is 0 Å². The van der Waals surface area contributed by atoms with Crippen molar-refractivity contribution < 1.29 is 47.6 Å². The highest BCUT2D eigenvalue weighted by Crippen LogP contribution is 2.43. The summed E-state index contributed by atoms with van der Waals surface area (Å²) in [5.41, 5.74) is 0. The predicted molar refractivity (Wildman–Crippen MR) is 144 cm³/mol. The highest BCUT2D eigenvalue weighted by atomic mass is 16.5. The minimum Gasteiger partial charge on any atom is -0.469 e. The molecule has 2 saturated carbocycles. The van der Waals surface area contributed by atoms with Crippen LogP contribution >= 0.6 is 0 Å². The molecule has 6 atom stereocenters. The van der Waals surface area contributed by atoms with Crippen molar-refractivity contribution in [2.75, 3.05) is 40.6 Å². The van der Waals surface area contributed by atoms with Gasteiger partial charge in [-0.05, 0) is 88.9 Å². The van der Waals surface area contributed by atoms with E-state index in [0.717, 1.165) is 25.7 Å². The SMILES string of the molecule is CCOC(=O)[C@H](CC(=O)OC)[C@@H]1CCO[C@@H](C2CC2)C1.CCOC(=O)[C@H](CC(=O)OC)[C@@H]1CCO[C@H](C2CC2)C1. The fourth-order valence-corrected chi connectivity index (χ4v) is 5.94. The van der Waals surface area contributed by atoms with Gasteiger partial charge in [0.1, 0.15) is 0 Å². The number of rotatable bonds is 12. The van der Waals surface area contributed by atoms with Crippen LogP contribution in [0.5, 0.6) is 0 Å². The fraction of sp³-hybridized carbons (Fsp3) is 0.867. The molecule has 4 rings (SSSR count). The number of ether oxygens (including phenoxy) is 6. The summed E-state index contributed by atoms with van der Waals surface area (Å²) in [5.74, 6) is -0.425. The first-order valence-electron chi connectivity index (χ1n) is 15.0. The van der Waals surface area contributed by atoms with Gasteiger partial charge in [0.25, 0.3) is 0 Å². The van der Waals surface area contributed by atoms with Crippen molar-refractivity contribution in [2.45, 2.75) is 90.3 Å². The molecule has 2 aliphatic carbocycles. The lowest BCUT2D eigenvalue weighted by molar-refractivity contribution is -0.158. The van der Waals surface area contributed by atoms with Crippen molar-refractivity contribution >= 4 is 23.9 Å². The summed E-state index contributed by atoms with van der Waals surface area (Å²) < 4.78 is 31.2. The molecule has 0 unspecified atom stereocenters. The zero-order valence-electron chi connectivity index (χ0n) is 24.6. The van der Waals surface area contributed by atoms with Crippen molar-refractivity contribution in [1.29, 1.82) is 0 Å². The Labute approximate surface area is 238 Å². The molecule has 0 aromatic carbocycles. The smallest absolute Gasteiger partial charge is 0.309 e. The van der Waals surface area contributed by atoms with Gasteiger partial charge in [-0.2, -0.15) is 0 Å². The van der Waals surface area contributed by atoms with Gasteiger partial charge < -0.3 is 28.4 Å². The highest BCUT2D eigenvalue weighted by Gasteiger charge is 2.42. The first-order chi connectivity index (χ1) is 19.3. The van der Waals surface area contributed by atoms with E-state index in [0.29, 0.717) is 38.3 Å². The average Bonchev–Trinajstić information content (AvgIpc) is 3.88. The van der Waals surface area contributed by atoms with Gasteiger partial charge in [0.15, 0.2) is 0 Å². The van der Waals surface area contributed by atoms with E-state index in [1.54, 1.807) is 13.8 Å². The van der Waals surface area contributed by atoms with Crippen molar-refractivity contribution in [3.63, 3.8) is 0 Å². The third-order valence-corrected chi connectivity index (χ3v) is 8.55. The van der Waals surface area contributed by atoms with Crippen molar-refractivity contribution in [1.82, 2.24) is 0 Å². The molecule has 10 heteroatoms. The maximum atomic E-state index is 12.1. The van der Waals surface area contributed by atoms with E-state index >= 15 is 0 Å². The molecule has 0 radical (unpaired) electrons. The highest BCUT2D eigenvalue weighted by molar-refractivity contribution is 5.80. The topological polar surface area (TPSA) is 124 Å². The number of esters is 4. The van der Waals surface area contributed by atoms with Gasteiger partial charge in [-0.1, -0.05) is 0 Å². The molecule has 0 aromatic rings. The van der Waals surface area contributed by atoms with Crippen LogP contribution in [0.3, 0.4) is 0 Å². The Morgan fingerprint density at radius 1 is 0.650 bits per heavy atom. The average molecular weight is 569 g/mol. The Kier molecular flexibility index (Phi) is 13.2. The van der Waals surface area contributed by atoms with Crippen LogP contribution in [0.1, 0.15) is 78.1 Å². The monoisotopic (exact) mass is 568 g/mol. The van der Waals surface area contributed by atoms with Gasteiger partial charge in [0.05, 0.1) is 64.3 Å². The van der Waals surface area contributed by atoms with Crippen molar-refractivity contribution in [3.8, 4) is 0 Å². The molecule has 40 heavy (non-hydrogen) atoms. The van der Waals surface area contributed by atoms with E-state index in [2.05, 4.69) is 0 Å². The van der Waals surface area contributed by atoms with E-state index in [9.17, 15) is 19.2 Å². The second-order valence-electron chi connectivity index (χ2n) is 11.3. The molecular weight excluding hydrogens is 520 g/mol. The second kappa shape index (κ2) is 16.3. The van der Waals surface area contributed by atoms with Crippen LogP contribution in [0.15, 0.2) is 0 Å². The molecule has 0 amide bonds. The standard InChI is InChI=1S/2C15H24O5/c2*1-3-19-15(17)12(9-14(16)18-2)11-6-7-20-13(8-11)10-4-5-10/h2*10-13H,3-9H2,1-2H3/t11-,12-,13+;11-,12-,13-/m11/s1. The normalized spacial score (nSPS) is 27.7. The molecule has 2 heterocycles. The van der Waals surface area contributed by atoms with Crippen LogP contribution in [-0.2, 0) is 47.6 Å². The summed E-state index contributed by atoms with van der Waals surface area (Å²) in [4.78, 5) is 47.3. The Morgan fingerprint density at radius 3 is 1.32 bits per heavy atom. The van der Waals surface area contributed by atoms with E-state index in [1.165, 1.54) is 39.9 Å². The van der Waals surface area contributed by atoms with Crippen LogP contribution in [0.4, 0.5) is 0 Å². The minimum atomic E-state index is -0.396. The molecule has 0 N–H and O–H groups in total. The quantitative estimate of drug-likeness (QED) is 0.253. The van der Waals surface area contributed by atoms with Gasteiger partial charge in [0, 0.05) is 13.2 Å². The Bertz CT molecular complexity index is 768. The largest absolute Gasteiger partial charge is 0.469 e. The molecule has 2 aliphatic heterocycles. The number of carbonyl (C=O) groups excluding carboxylic acids is 4. The summed E-state index contributed by atoms with van der Waals surface area (Å²) >= 11 is 0. The van der Waals surface area contributed by atoms with Crippen LogP contribution < -0.4 is 0 Å². The van der Waals surface area contributed by atoms with Crippen LogP contribution in [-0.4, -0.2) is 76.7 Å². The Balaban J connectivity index is 0.000000220. The Morgan fingerprint density at radius 2 is 1.02 bits per heavy atom. The maximum Gasteiger partial charge on any atom is 0.309 e. The van der Waals surface area contributed by atoms with E-state index in [-0.39, 0.29) is 60.8 Å². The number of hydrogen-bond donors (Lipinski definition) is 0. The van der Waals surface area contributed by atoms with E-state index in [4.69, 9.17) is 28.4 Å². The lowest BCUT2D eigenvalue weighted by Gasteiger charge is -2.33. The molecule has 0 bridgehead atoms. The van der Waals surface area contributed by atoms with Gasteiger partial charge in [-0.3, -0.25) is 19.2 Å². The zero-order chi connectivity index (χ0) is 29.1. The molecule has 4 aliphatic rings. The van der Waals surface area contributed by atoms with Crippen LogP contribution in [0.25, 0.3) is 0 Å². The first kappa shape index (κ1) is 32.3. The molecular formula is C30H48O10. The lowest BCUT2D eigenvalue weighted by Crippen LogP contribution is -2.36. The Hall–Kier alpha value is -2.20. The molecule has 10 nitrogen and oxygen atoms in total. The summed E-state index contributed by atoms with van der Waals surface area (Å²) in [6.07, 6.45) is 8.93. The fourth-order valence-electron chi connectivity index (χ4n) is 5.94. The minimum absolute atomic E-state index is 0.109. The van der Waals surface area contributed by atoms with Gasteiger partial charge >= 0.3 is 23.9 Å². The number of methoxy groups -OCH3 is 2. The molecule has 4 fully saturated rings. The third-order valence-electron chi connectivity index (χ3n) is 8.55. The molecule has 0 spiro atoms. The maximum absolute atomic E-state index is 12.1. The van der Waals surface area contributed by atoms with Crippen molar-refractivity contribution in [3.05, 3.63) is 0 Å². The molecule has 2 saturated heterocycles. The summed E-state index contributed by atoms with van der Waals surface area (Å²) in [6.45, 7) is 5.58. The van der Waals surface area contributed by atoms with Crippen molar-refractivity contribution in [2.24, 2.45) is 35.5 Å². The molecule has 0 aromatic heterocycles. The third kappa shape index (κ3) is 10.0. The van der Waals surface area contributed by atoms with E-state index in [1.807, 2.05) is 0 Å². The van der Waals surface area contributed by atoms with Crippen LogP contribution in [0.2, 0.25) is 0 Å². The van der Waals surface area contributed by atoms with Gasteiger partial charge in [0.2, 0.25) is 0 Å². The van der Waals surface area contributed by atoms with Crippen LogP contribution in [0, 0.1) is 35.5 Å². The van der Waals surface area contributed by atoms with E-state index < -0.39 is 11.8 Å². The first-order valence-corrected chi connectivity index (χ1v) is 15.0. The summed E-state index contributed by atoms with van der Waals surface area (Å²) in [5, 5.41) is 0. The number of carbonyl (C=O) groups is 4. The lowest BCUT2D eigenvalue weighted by atomic mass is 9.81. The summed E-state index contributed by atoms with van der Waals surface area (Å²) in [6, 6.07) is 0. The van der Waals surface area contributed by atoms with Gasteiger partial charge in [-0.25, -0.2) is 0 Å². The second-order valence-corrected chi connectivity index (χ2v) is 11.3. The zero-order valence-corrected chi connectivity index (χ0v) is 24.6. The molecule has 228 valence electrons.